The van der Waals surface area contributed by atoms with Gasteiger partial charge in [-0.05, 0) is 36.6 Å². The van der Waals surface area contributed by atoms with Crippen LogP contribution in [0.4, 0.5) is 8.78 Å². The van der Waals surface area contributed by atoms with E-state index in [-0.39, 0.29) is 0 Å². The zero-order chi connectivity index (χ0) is 18.0. The lowest BCUT2D eigenvalue weighted by Crippen LogP contribution is -2.43. The molecule has 0 fully saturated rings. The van der Waals surface area contributed by atoms with Gasteiger partial charge in [-0.2, -0.15) is 0 Å². The standard InChI is InChI=1S/C17H15F2NO4S/c18-13-5-3-6-14(19)12(13)10-25(22,23)20-17(21)16-9-8-11-4-1-2-7-15(11)24-16/h1-7,16H,8-10H2,(H,20,21). The number of halogens is 2. The highest BCUT2D eigenvalue weighted by molar-refractivity contribution is 7.89. The number of hydrogen-bond acceptors (Lipinski definition) is 4. The van der Waals surface area contributed by atoms with E-state index in [0.717, 1.165) is 23.8 Å². The molecule has 2 aromatic carbocycles. The molecule has 1 amide bonds. The molecule has 1 heterocycles. The zero-order valence-electron chi connectivity index (χ0n) is 13.0. The largest absolute Gasteiger partial charge is 0.480 e. The Labute approximate surface area is 143 Å². The van der Waals surface area contributed by atoms with Crippen LogP contribution in [0, 0.1) is 11.6 Å². The van der Waals surface area contributed by atoms with Crippen molar-refractivity contribution >= 4 is 15.9 Å². The highest BCUT2D eigenvalue weighted by Gasteiger charge is 2.29. The van der Waals surface area contributed by atoms with E-state index in [4.69, 9.17) is 4.74 Å². The predicted molar refractivity (Wildman–Crippen MR) is 86.3 cm³/mol. The maximum Gasteiger partial charge on any atom is 0.274 e. The molecule has 0 aliphatic carbocycles. The second-order valence-electron chi connectivity index (χ2n) is 5.68. The maximum absolute atomic E-state index is 13.6. The topological polar surface area (TPSA) is 72.5 Å². The van der Waals surface area contributed by atoms with E-state index < -0.39 is 45.0 Å². The van der Waals surface area contributed by atoms with Crippen LogP contribution in [-0.4, -0.2) is 20.4 Å². The molecule has 8 heteroatoms. The minimum Gasteiger partial charge on any atom is -0.480 e. The van der Waals surface area contributed by atoms with Gasteiger partial charge in [0, 0.05) is 5.56 Å². The number of hydrogen-bond donors (Lipinski definition) is 1. The molecule has 2 aromatic rings. The summed E-state index contributed by atoms with van der Waals surface area (Å²) in [6.07, 6.45) is -0.0991. The number of fused-ring (bicyclic) bond motifs is 1. The van der Waals surface area contributed by atoms with Gasteiger partial charge in [0.1, 0.15) is 23.1 Å². The number of rotatable bonds is 4. The SMILES string of the molecule is O=C(NS(=O)(=O)Cc1c(F)cccc1F)C1CCc2ccccc2O1. The van der Waals surface area contributed by atoms with Gasteiger partial charge in [0.2, 0.25) is 10.0 Å². The van der Waals surface area contributed by atoms with Crippen LogP contribution in [0.3, 0.4) is 0 Å². The summed E-state index contributed by atoms with van der Waals surface area (Å²) >= 11 is 0. The Kier molecular flexibility index (Phi) is 4.71. The third-order valence-electron chi connectivity index (χ3n) is 3.86. The van der Waals surface area contributed by atoms with Crippen LogP contribution in [0.15, 0.2) is 42.5 Å². The first-order chi connectivity index (χ1) is 11.9. The third-order valence-corrected chi connectivity index (χ3v) is 5.04. The van der Waals surface area contributed by atoms with Crippen LogP contribution in [0.2, 0.25) is 0 Å². The van der Waals surface area contributed by atoms with E-state index in [1.807, 2.05) is 16.9 Å². The summed E-state index contributed by atoms with van der Waals surface area (Å²) < 4.78 is 58.7. The molecule has 0 saturated heterocycles. The Morgan fingerprint density at radius 3 is 2.52 bits per heavy atom. The average Bonchev–Trinajstić information content (AvgIpc) is 2.57. The van der Waals surface area contributed by atoms with Crippen molar-refractivity contribution in [3.63, 3.8) is 0 Å². The van der Waals surface area contributed by atoms with Gasteiger partial charge in [0.15, 0.2) is 6.10 Å². The number of carbonyl (C=O) groups is 1. The van der Waals surface area contributed by atoms with Crippen LogP contribution in [-0.2, 0) is 27.0 Å². The van der Waals surface area contributed by atoms with E-state index in [9.17, 15) is 22.0 Å². The highest BCUT2D eigenvalue weighted by Crippen LogP contribution is 2.27. The molecule has 25 heavy (non-hydrogen) atoms. The molecule has 1 atom stereocenters. The molecule has 5 nitrogen and oxygen atoms in total. The van der Waals surface area contributed by atoms with Gasteiger partial charge < -0.3 is 4.74 Å². The number of ether oxygens (including phenoxy) is 1. The Bertz CT molecular complexity index is 894. The van der Waals surface area contributed by atoms with Crippen LogP contribution < -0.4 is 9.46 Å². The summed E-state index contributed by atoms with van der Waals surface area (Å²) in [5, 5.41) is 0. The fraction of sp³-hybridized carbons (Fsp3) is 0.235. The van der Waals surface area contributed by atoms with Gasteiger partial charge in [-0.1, -0.05) is 24.3 Å². The Morgan fingerprint density at radius 1 is 1.12 bits per heavy atom. The Morgan fingerprint density at radius 2 is 1.80 bits per heavy atom. The van der Waals surface area contributed by atoms with E-state index in [0.29, 0.717) is 18.6 Å². The molecule has 0 radical (unpaired) electrons. The van der Waals surface area contributed by atoms with Crippen LogP contribution >= 0.6 is 0 Å². The minimum atomic E-state index is -4.27. The van der Waals surface area contributed by atoms with Crippen molar-refractivity contribution in [2.24, 2.45) is 0 Å². The first-order valence-corrected chi connectivity index (χ1v) is 9.23. The van der Waals surface area contributed by atoms with Crippen molar-refractivity contribution in [1.29, 1.82) is 0 Å². The molecule has 1 aliphatic heterocycles. The van der Waals surface area contributed by atoms with E-state index in [1.165, 1.54) is 0 Å². The Balaban J connectivity index is 1.70. The molecule has 1 aliphatic rings. The molecule has 1 unspecified atom stereocenters. The number of sulfonamides is 1. The lowest BCUT2D eigenvalue weighted by Gasteiger charge is -2.25. The first kappa shape index (κ1) is 17.3. The van der Waals surface area contributed by atoms with Crippen LogP contribution in [0.5, 0.6) is 5.75 Å². The minimum absolute atomic E-state index is 0.312. The number of amides is 1. The zero-order valence-corrected chi connectivity index (χ0v) is 13.9. The second-order valence-corrected chi connectivity index (χ2v) is 7.40. The van der Waals surface area contributed by atoms with Gasteiger partial charge in [0.25, 0.3) is 5.91 Å². The summed E-state index contributed by atoms with van der Waals surface area (Å²) in [5.74, 6) is -3.28. The summed E-state index contributed by atoms with van der Waals surface area (Å²) in [6.45, 7) is 0. The molecule has 0 saturated carbocycles. The van der Waals surface area contributed by atoms with E-state index >= 15 is 0 Å². The van der Waals surface area contributed by atoms with E-state index in [2.05, 4.69) is 0 Å². The highest BCUT2D eigenvalue weighted by atomic mass is 32.2. The van der Waals surface area contributed by atoms with Gasteiger partial charge in [-0.3, -0.25) is 4.79 Å². The molecule has 132 valence electrons. The van der Waals surface area contributed by atoms with Crippen molar-refractivity contribution in [1.82, 2.24) is 4.72 Å². The summed E-state index contributed by atoms with van der Waals surface area (Å²) in [7, 11) is -4.27. The number of aryl methyl sites for hydroxylation is 1. The summed E-state index contributed by atoms with van der Waals surface area (Å²) in [6, 6.07) is 10.2. The van der Waals surface area contributed by atoms with Crippen molar-refractivity contribution in [3.05, 3.63) is 65.2 Å². The molecule has 0 spiro atoms. The van der Waals surface area contributed by atoms with Crippen molar-refractivity contribution in [2.45, 2.75) is 24.7 Å². The van der Waals surface area contributed by atoms with Crippen LogP contribution in [0.1, 0.15) is 17.5 Å². The molecule has 1 N–H and O–H groups in total. The fourth-order valence-corrected chi connectivity index (χ4v) is 3.79. The van der Waals surface area contributed by atoms with Gasteiger partial charge in [-0.15, -0.1) is 0 Å². The number of para-hydroxylation sites is 1. The van der Waals surface area contributed by atoms with Crippen molar-refractivity contribution in [3.8, 4) is 5.75 Å². The van der Waals surface area contributed by atoms with Gasteiger partial charge in [0.05, 0.1) is 0 Å². The van der Waals surface area contributed by atoms with E-state index in [1.54, 1.807) is 12.1 Å². The average molecular weight is 367 g/mol. The van der Waals surface area contributed by atoms with Crippen LogP contribution in [0.25, 0.3) is 0 Å². The van der Waals surface area contributed by atoms with Gasteiger partial charge >= 0.3 is 0 Å². The fourth-order valence-electron chi connectivity index (χ4n) is 2.62. The lowest BCUT2D eigenvalue weighted by atomic mass is 10.0. The third kappa shape index (κ3) is 3.96. The monoisotopic (exact) mass is 367 g/mol. The predicted octanol–water partition coefficient (Wildman–Crippen LogP) is 2.30. The van der Waals surface area contributed by atoms with Crippen molar-refractivity contribution < 1.29 is 26.7 Å². The summed E-state index contributed by atoms with van der Waals surface area (Å²) in [4.78, 5) is 12.2. The molecular weight excluding hydrogens is 352 g/mol. The number of benzene rings is 2. The maximum atomic E-state index is 13.6. The number of nitrogens with one attached hydrogen (secondary N) is 1. The first-order valence-electron chi connectivity index (χ1n) is 7.57. The quantitative estimate of drug-likeness (QED) is 0.900. The molecule has 3 rings (SSSR count). The normalized spacial score (nSPS) is 16.6. The molecule has 0 aromatic heterocycles. The summed E-state index contributed by atoms with van der Waals surface area (Å²) in [5.41, 5.74) is 0.320. The lowest BCUT2D eigenvalue weighted by molar-refractivity contribution is -0.126. The second kappa shape index (κ2) is 6.79. The smallest absolute Gasteiger partial charge is 0.274 e. The number of carbonyl (C=O) groups excluding carboxylic acids is 1. The van der Waals surface area contributed by atoms with Gasteiger partial charge in [-0.25, -0.2) is 21.9 Å². The van der Waals surface area contributed by atoms with Crippen molar-refractivity contribution in [2.75, 3.05) is 0 Å². The molecular formula is C17H15F2NO4S. The Hall–Kier alpha value is -2.48. The molecule has 0 bridgehead atoms.